The van der Waals surface area contributed by atoms with Crippen LogP contribution in [0.3, 0.4) is 0 Å². The van der Waals surface area contributed by atoms with E-state index >= 15 is 0 Å². The summed E-state index contributed by atoms with van der Waals surface area (Å²) < 4.78 is 36.9. The van der Waals surface area contributed by atoms with Gasteiger partial charge >= 0.3 is 18.2 Å². The second-order valence-corrected chi connectivity index (χ2v) is 6.75. The summed E-state index contributed by atoms with van der Waals surface area (Å²) in [6.07, 6.45) is -3.51. The second-order valence-electron chi connectivity index (χ2n) is 6.75. The second kappa shape index (κ2) is 14.5. The maximum Gasteiger partial charge on any atom is 0.490 e. The normalized spacial score (nSPS) is 11.4. The molecule has 0 spiro atoms. The van der Waals surface area contributed by atoms with E-state index in [1.54, 1.807) is 0 Å². The summed E-state index contributed by atoms with van der Waals surface area (Å²) in [6.45, 7) is 0.734. The van der Waals surface area contributed by atoms with Crippen LogP contribution >= 0.6 is 0 Å². The van der Waals surface area contributed by atoms with E-state index in [1.807, 2.05) is 60.7 Å². The Bertz CT molecular complexity index is 865. The first kappa shape index (κ1) is 27.4. The van der Waals surface area contributed by atoms with Crippen molar-refractivity contribution in [3.8, 4) is 0 Å². The molecule has 33 heavy (non-hydrogen) atoms. The Labute approximate surface area is 188 Å². The number of alkyl halides is 3. The van der Waals surface area contributed by atoms with Crippen molar-refractivity contribution >= 4 is 23.7 Å². The number of benzene rings is 2. The molecule has 0 radical (unpaired) electrons. The Kier molecular flexibility index (Phi) is 12.0. The third-order valence-electron chi connectivity index (χ3n) is 4.04. The molecule has 11 heteroatoms. The first-order valence-electron chi connectivity index (χ1n) is 9.95. The van der Waals surface area contributed by atoms with Crippen molar-refractivity contribution in [1.82, 2.24) is 5.32 Å². The van der Waals surface area contributed by atoms with E-state index in [-0.39, 0.29) is 12.5 Å². The van der Waals surface area contributed by atoms with E-state index < -0.39 is 24.3 Å². The summed E-state index contributed by atoms with van der Waals surface area (Å²) in [7, 11) is 0. The first-order valence-corrected chi connectivity index (χ1v) is 9.95. The lowest BCUT2D eigenvalue weighted by molar-refractivity contribution is -0.192. The summed E-state index contributed by atoms with van der Waals surface area (Å²) in [5.41, 5.74) is 7.57. The fraction of sp³-hybridized carbons (Fsp3) is 0.318. The predicted molar refractivity (Wildman–Crippen MR) is 115 cm³/mol. The number of unbranched alkanes of at least 4 members (excludes halogenated alkanes) is 1. The van der Waals surface area contributed by atoms with Crippen molar-refractivity contribution in [2.24, 2.45) is 5.73 Å². The topological polar surface area (TPSA) is 131 Å². The van der Waals surface area contributed by atoms with Crippen LogP contribution in [0.5, 0.6) is 0 Å². The minimum atomic E-state index is -5.08. The number of hydrogen-bond acceptors (Lipinski definition) is 5. The Morgan fingerprint density at radius 2 is 1.52 bits per heavy atom. The van der Waals surface area contributed by atoms with Gasteiger partial charge in [-0.1, -0.05) is 48.5 Å². The minimum absolute atomic E-state index is 0.202. The summed E-state index contributed by atoms with van der Waals surface area (Å²) in [4.78, 5) is 32.5. The molecule has 0 aliphatic rings. The molecule has 2 amide bonds. The van der Waals surface area contributed by atoms with Crippen LogP contribution in [0.2, 0.25) is 0 Å². The van der Waals surface area contributed by atoms with Gasteiger partial charge in [-0.15, -0.1) is 0 Å². The number of carbonyl (C=O) groups excluding carboxylic acids is 2. The summed E-state index contributed by atoms with van der Waals surface area (Å²) in [6, 6.07) is 18.1. The molecule has 1 atom stereocenters. The van der Waals surface area contributed by atoms with E-state index in [9.17, 15) is 22.8 Å². The quantitative estimate of drug-likeness (QED) is 0.415. The lowest BCUT2D eigenvalue weighted by atomic mass is 10.1. The number of aliphatic carboxylic acids is 1. The molecule has 0 fully saturated rings. The fourth-order valence-electron chi connectivity index (χ4n) is 2.34. The zero-order valence-electron chi connectivity index (χ0n) is 17.7. The van der Waals surface area contributed by atoms with E-state index in [2.05, 4.69) is 10.6 Å². The Morgan fingerprint density at radius 1 is 0.970 bits per heavy atom. The standard InChI is InChI=1S/C20H25N3O3.C2HF3O2/c21-18(19(24)23-17-11-5-2-6-12-17)13-7-8-14-22-20(25)26-15-16-9-3-1-4-10-16;3-2(4,5)1(6)7/h1-6,9-12,18H,7-8,13-15,21H2,(H,22,25)(H,23,24);(H,6,7)/t18-;/m0./s1. The number of ether oxygens (including phenoxy) is 1. The molecule has 2 aromatic carbocycles. The molecular weight excluding hydrogens is 443 g/mol. The van der Waals surface area contributed by atoms with Crippen LogP contribution in [0.25, 0.3) is 0 Å². The van der Waals surface area contributed by atoms with Gasteiger partial charge in [0.05, 0.1) is 6.04 Å². The number of halogens is 3. The number of para-hydroxylation sites is 1. The van der Waals surface area contributed by atoms with E-state index in [0.717, 1.165) is 24.1 Å². The molecule has 0 aliphatic carbocycles. The number of hydrogen-bond donors (Lipinski definition) is 4. The molecule has 0 saturated carbocycles. The number of carboxylic acids is 1. The zero-order valence-corrected chi connectivity index (χ0v) is 17.7. The number of rotatable bonds is 9. The van der Waals surface area contributed by atoms with Gasteiger partial charge in [0.15, 0.2) is 0 Å². The summed E-state index contributed by atoms with van der Waals surface area (Å²) in [5, 5.41) is 12.6. The summed E-state index contributed by atoms with van der Waals surface area (Å²) in [5.74, 6) is -2.96. The molecule has 0 aromatic heterocycles. The Hall–Kier alpha value is -3.60. The smallest absolute Gasteiger partial charge is 0.475 e. The number of amides is 2. The molecular formula is C22H26F3N3O5. The highest BCUT2D eigenvalue weighted by atomic mass is 19.4. The van der Waals surface area contributed by atoms with Gasteiger partial charge in [-0.25, -0.2) is 9.59 Å². The third kappa shape index (κ3) is 12.8. The number of alkyl carbamates (subject to hydrolysis) is 1. The molecule has 5 N–H and O–H groups in total. The molecule has 0 unspecified atom stereocenters. The molecule has 0 bridgehead atoms. The van der Waals surface area contributed by atoms with Gasteiger partial charge in [0.2, 0.25) is 5.91 Å². The molecule has 8 nitrogen and oxygen atoms in total. The predicted octanol–water partition coefficient (Wildman–Crippen LogP) is 3.68. The van der Waals surface area contributed by atoms with Gasteiger partial charge in [0.25, 0.3) is 0 Å². The molecule has 2 aromatic rings. The van der Waals surface area contributed by atoms with Crippen LogP contribution in [-0.4, -0.2) is 41.8 Å². The monoisotopic (exact) mass is 469 g/mol. The van der Waals surface area contributed by atoms with Gasteiger partial charge in [-0.2, -0.15) is 13.2 Å². The SMILES string of the molecule is N[C@@H](CCCCNC(=O)OCc1ccccc1)C(=O)Nc1ccccc1.O=C(O)C(F)(F)F. The highest BCUT2D eigenvalue weighted by molar-refractivity contribution is 5.94. The van der Waals surface area contributed by atoms with Crippen molar-refractivity contribution < 1.29 is 37.4 Å². The van der Waals surface area contributed by atoms with Crippen molar-refractivity contribution in [3.63, 3.8) is 0 Å². The number of anilines is 1. The van der Waals surface area contributed by atoms with E-state index in [0.29, 0.717) is 13.0 Å². The van der Waals surface area contributed by atoms with Crippen molar-refractivity contribution in [3.05, 3.63) is 66.2 Å². The lowest BCUT2D eigenvalue weighted by Gasteiger charge is -2.12. The number of nitrogens with one attached hydrogen (secondary N) is 2. The number of nitrogens with two attached hydrogens (primary N) is 1. The van der Waals surface area contributed by atoms with E-state index in [4.69, 9.17) is 20.4 Å². The minimum Gasteiger partial charge on any atom is -0.475 e. The van der Waals surface area contributed by atoms with Crippen molar-refractivity contribution in [2.45, 2.75) is 38.1 Å². The van der Waals surface area contributed by atoms with Gasteiger partial charge < -0.3 is 26.2 Å². The van der Waals surface area contributed by atoms with Gasteiger partial charge in [-0.05, 0) is 37.0 Å². The van der Waals surface area contributed by atoms with E-state index in [1.165, 1.54) is 0 Å². The van der Waals surface area contributed by atoms with Crippen LogP contribution in [0, 0.1) is 0 Å². The molecule has 2 rings (SSSR count). The first-order chi connectivity index (χ1) is 15.6. The van der Waals surface area contributed by atoms with Gasteiger partial charge in [0, 0.05) is 12.2 Å². The lowest BCUT2D eigenvalue weighted by Crippen LogP contribution is -2.35. The summed E-state index contributed by atoms with van der Waals surface area (Å²) >= 11 is 0. The van der Waals surface area contributed by atoms with Crippen LogP contribution < -0.4 is 16.4 Å². The number of carbonyl (C=O) groups is 3. The largest absolute Gasteiger partial charge is 0.490 e. The number of carboxylic acid groups (broad SMARTS) is 1. The highest BCUT2D eigenvalue weighted by Crippen LogP contribution is 2.13. The molecule has 180 valence electrons. The van der Waals surface area contributed by atoms with Crippen LogP contribution in [0.4, 0.5) is 23.7 Å². The van der Waals surface area contributed by atoms with Crippen LogP contribution in [-0.2, 0) is 20.9 Å². The average molecular weight is 469 g/mol. The average Bonchev–Trinajstić information content (AvgIpc) is 2.78. The van der Waals surface area contributed by atoms with Crippen LogP contribution in [0.1, 0.15) is 24.8 Å². The van der Waals surface area contributed by atoms with Crippen molar-refractivity contribution in [1.29, 1.82) is 0 Å². The third-order valence-corrected chi connectivity index (χ3v) is 4.04. The molecule has 0 saturated heterocycles. The van der Waals surface area contributed by atoms with Crippen LogP contribution in [0.15, 0.2) is 60.7 Å². The Morgan fingerprint density at radius 3 is 2.06 bits per heavy atom. The Balaban J connectivity index is 0.000000675. The fourth-order valence-corrected chi connectivity index (χ4v) is 2.34. The maximum absolute atomic E-state index is 12.0. The molecule has 0 aliphatic heterocycles. The maximum atomic E-state index is 12.0. The highest BCUT2D eigenvalue weighted by Gasteiger charge is 2.38. The zero-order chi connectivity index (χ0) is 24.7. The molecule has 0 heterocycles. The van der Waals surface area contributed by atoms with Gasteiger partial charge in [-0.3, -0.25) is 4.79 Å². The van der Waals surface area contributed by atoms with Gasteiger partial charge in [0.1, 0.15) is 6.61 Å². The van der Waals surface area contributed by atoms with Crippen molar-refractivity contribution in [2.75, 3.05) is 11.9 Å².